The summed E-state index contributed by atoms with van der Waals surface area (Å²) >= 11 is 1.72. The minimum absolute atomic E-state index is 0.883. The van der Waals surface area contributed by atoms with Gasteiger partial charge in [0.25, 0.3) is 0 Å². The van der Waals surface area contributed by atoms with Gasteiger partial charge in [-0.1, -0.05) is 25.6 Å². The van der Waals surface area contributed by atoms with E-state index < -0.39 is 0 Å². The van der Waals surface area contributed by atoms with Crippen LogP contribution in [0.25, 0.3) is 0 Å². The Morgan fingerprint density at radius 3 is 2.85 bits per heavy atom. The Morgan fingerprint density at radius 2 is 2.15 bits per heavy atom. The van der Waals surface area contributed by atoms with Crippen molar-refractivity contribution < 1.29 is 0 Å². The van der Waals surface area contributed by atoms with Crippen LogP contribution in [0.5, 0.6) is 0 Å². The molecule has 0 spiro atoms. The van der Waals surface area contributed by atoms with Crippen LogP contribution >= 0.6 is 11.8 Å². The Labute approximate surface area is 81.4 Å². The molecule has 0 saturated carbocycles. The smallest absolute Gasteiger partial charge is 0.192 e. The second-order valence-electron chi connectivity index (χ2n) is 2.87. The predicted molar refractivity (Wildman–Crippen MR) is 53.2 cm³/mol. The van der Waals surface area contributed by atoms with Gasteiger partial charge in [-0.15, -0.1) is 10.2 Å². The van der Waals surface area contributed by atoms with Crippen molar-refractivity contribution in [3.05, 3.63) is 5.82 Å². The van der Waals surface area contributed by atoms with Gasteiger partial charge in [-0.3, -0.25) is 0 Å². The maximum atomic E-state index is 4.48. The standard InChI is InChI=1S/C8H12N4S/c1-3-6-5-13-8-10-9-7(4-2)12(8)11-6/h3-5H2,1-2H3. The van der Waals surface area contributed by atoms with Gasteiger partial charge in [0.15, 0.2) is 5.82 Å². The van der Waals surface area contributed by atoms with E-state index in [1.165, 1.54) is 5.71 Å². The molecule has 0 saturated heterocycles. The highest BCUT2D eigenvalue weighted by molar-refractivity contribution is 7.99. The van der Waals surface area contributed by atoms with E-state index in [4.69, 9.17) is 0 Å². The predicted octanol–water partition coefficient (Wildman–Crippen LogP) is 1.56. The Kier molecular flexibility index (Phi) is 2.35. The first-order chi connectivity index (χ1) is 6.35. The molecule has 0 unspecified atom stereocenters. The van der Waals surface area contributed by atoms with E-state index in [2.05, 4.69) is 29.1 Å². The Balaban J connectivity index is 2.41. The summed E-state index contributed by atoms with van der Waals surface area (Å²) in [5.41, 5.74) is 1.21. The minimum Gasteiger partial charge on any atom is -0.192 e. The lowest BCUT2D eigenvalue weighted by Crippen LogP contribution is -2.12. The van der Waals surface area contributed by atoms with E-state index >= 15 is 0 Å². The summed E-state index contributed by atoms with van der Waals surface area (Å²) in [6.07, 6.45) is 1.89. The lowest BCUT2D eigenvalue weighted by atomic mass is 10.3. The summed E-state index contributed by atoms with van der Waals surface area (Å²) < 4.78 is 1.87. The van der Waals surface area contributed by atoms with Crippen LogP contribution in [0.4, 0.5) is 0 Å². The normalized spacial score (nSPS) is 15.4. The molecule has 70 valence electrons. The molecular formula is C8H12N4S. The van der Waals surface area contributed by atoms with E-state index in [1.807, 2.05) is 4.68 Å². The molecule has 0 amide bonds. The average Bonchev–Trinajstić information content (AvgIpc) is 2.59. The molecule has 0 aromatic carbocycles. The molecular weight excluding hydrogens is 184 g/mol. The molecule has 4 nitrogen and oxygen atoms in total. The second kappa shape index (κ2) is 3.49. The maximum absolute atomic E-state index is 4.48. The van der Waals surface area contributed by atoms with Gasteiger partial charge in [0.2, 0.25) is 5.16 Å². The Morgan fingerprint density at radius 1 is 1.31 bits per heavy atom. The molecule has 0 fully saturated rings. The van der Waals surface area contributed by atoms with Gasteiger partial charge < -0.3 is 0 Å². The first kappa shape index (κ1) is 8.74. The topological polar surface area (TPSA) is 43.1 Å². The monoisotopic (exact) mass is 196 g/mol. The van der Waals surface area contributed by atoms with E-state index in [9.17, 15) is 0 Å². The number of aryl methyl sites for hydroxylation is 1. The number of rotatable bonds is 2. The lowest BCUT2D eigenvalue weighted by molar-refractivity contribution is 0.710. The van der Waals surface area contributed by atoms with Crippen LogP contribution in [0.1, 0.15) is 26.1 Å². The van der Waals surface area contributed by atoms with E-state index in [0.717, 1.165) is 29.6 Å². The third-order valence-corrected chi connectivity index (χ3v) is 3.00. The zero-order chi connectivity index (χ0) is 9.26. The van der Waals surface area contributed by atoms with Crippen LogP contribution in [0.3, 0.4) is 0 Å². The molecule has 0 bridgehead atoms. The van der Waals surface area contributed by atoms with Crippen molar-refractivity contribution in [1.82, 2.24) is 14.9 Å². The van der Waals surface area contributed by atoms with Gasteiger partial charge in [0.1, 0.15) is 0 Å². The minimum atomic E-state index is 0.883. The summed E-state index contributed by atoms with van der Waals surface area (Å²) in [4.78, 5) is 0. The fraction of sp³-hybridized carbons (Fsp3) is 0.625. The molecule has 0 radical (unpaired) electrons. The average molecular weight is 196 g/mol. The van der Waals surface area contributed by atoms with E-state index in [1.54, 1.807) is 11.8 Å². The molecule has 1 aliphatic rings. The summed E-state index contributed by atoms with van der Waals surface area (Å²) in [5.74, 6) is 1.91. The number of hydrogen-bond donors (Lipinski definition) is 0. The third kappa shape index (κ3) is 1.48. The highest BCUT2D eigenvalue weighted by Gasteiger charge is 2.16. The number of thioether (sulfide) groups is 1. The molecule has 1 aromatic rings. The van der Waals surface area contributed by atoms with Gasteiger partial charge in [-0.2, -0.15) is 9.78 Å². The molecule has 1 aliphatic heterocycles. The van der Waals surface area contributed by atoms with Crippen LogP contribution in [-0.4, -0.2) is 26.3 Å². The molecule has 0 aliphatic carbocycles. The lowest BCUT2D eigenvalue weighted by Gasteiger charge is -2.11. The zero-order valence-electron chi connectivity index (χ0n) is 7.82. The third-order valence-electron chi connectivity index (χ3n) is 2.01. The van der Waals surface area contributed by atoms with Gasteiger partial charge in [0.05, 0.1) is 0 Å². The van der Waals surface area contributed by atoms with E-state index in [0.29, 0.717) is 0 Å². The quantitative estimate of drug-likeness (QED) is 0.721. The zero-order valence-corrected chi connectivity index (χ0v) is 8.63. The number of nitrogens with zero attached hydrogens (tertiary/aromatic N) is 4. The number of hydrogen-bond acceptors (Lipinski definition) is 4. The van der Waals surface area contributed by atoms with Gasteiger partial charge in [-0.05, 0) is 6.42 Å². The number of fused-ring (bicyclic) bond motifs is 1. The summed E-state index contributed by atoms with van der Waals surface area (Å²) in [7, 11) is 0. The van der Waals surface area contributed by atoms with Crippen molar-refractivity contribution >= 4 is 17.5 Å². The van der Waals surface area contributed by atoms with Crippen LogP contribution < -0.4 is 0 Å². The molecule has 5 heteroatoms. The number of aromatic nitrogens is 3. The van der Waals surface area contributed by atoms with E-state index in [-0.39, 0.29) is 0 Å². The molecule has 0 N–H and O–H groups in total. The highest BCUT2D eigenvalue weighted by atomic mass is 32.2. The van der Waals surface area contributed by atoms with Crippen molar-refractivity contribution in [2.75, 3.05) is 5.75 Å². The Bertz CT molecular complexity index is 342. The van der Waals surface area contributed by atoms with Crippen LogP contribution in [0.2, 0.25) is 0 Å². The first-order valence-electron chi connectivity index (χ1n) is 4.49. The SMILES string of the molecule is CCC1=Nn2c(CC)nnc2SC1. The fourth-order valence-corrected chi connectivity index (χ4v) is 2.12. The van der Waals surface area contributed by atoms with Crippen molar-refractivity contribution in [2.24, 2.45) is 5.10 Å². The van der Waals surface area contributed by atoms with Gasteiger partial charge in [-0.25, -0.2) is 0 Å². The summed E-state index contributed by atoms with van der Waals surface area (Å²) in [6, 6.07) is 0. The van der Waals surface area contributed by atoms with Crippen molar-refractivity contribution in [3.63, 3.8) is 0 Å². The highest BCUT2D eigenvalue weighted by Crippen LogP contribution is 2.22. The van der Waals surface area contributed by atoms with Crippen molar-refractivity contribution in [1.29, 1.82) is 0 Å². The molecule has 0 atom stereocenters. The van der Waals surface area contributed by atoms with Crippen molar-refractivity contribution in [2.45, 2.75) is 31.8 Å². The Hall–Kier alpha value is -0.840. The molecule has 1 aromatic heterocycles. The van der Waals surface area contributed by atoms with Crippen molar-refractivity contribution in [3.8, 4) is 0 Å². The molecule has 2 heterocycles. The van der Waals surface area contributed by atoms with Crippen LogP contribution in [0.15, 0.2) is 10.3 Å². The van der Waals surface area contributed by atoms with Crippen LogP contribution in [0, 0.1) is 0 Å². The summed E-state index contributed by atoms with van der Waals surface area (Å²) in [6.45, 7) is 4.19. The largest absolute Gasteiger partial charge is 0.212 e. The van der Waals surface area contributed by atoms with Gasteiger partial charge >= 0.3 is 0 Å². The van der Waals surface area contributed by atoms with Gasteiger partial charge in [0, 0.05) is 17.9 Å². The fourth-order valence-electron chi connectivity index (χ4n) is 1.20. The molecule has 13 heavy (non-hydrogen) atoms. The molecule has 2 rings (SSSR count). The second-order valence-corrected chi connectivity index (χ2v) is 3.82. The summed E-state index contributed by atoms with van der Waals surface area (Å²) in [5, 5.41) is 13.5. The van der Waals surface area contributed by atoms with Crippen LogP contribution in [-0.2, 0) is 6.42 Å². The first-order valence-corrected chi connectivity index (χ1v) is 5.47. The maximum Gasteiger partial charge on any atom is 0.212 e.